The second kappa shape index (κ2) is 7.02. The van der Waals surface area contributed by atoms with E-state index in [4.69, 9.17) is 11.6 Å². The van der Waals surface area contributed by atoms with Crippen LogP contribution >= 0.6 is 11.6 Å². The van der Waals surface area contributed by atoms with E-state index in [9.17, 15) is 13.2 Å². The Morgan fingerprint density at radius 1 is 1.21 bits per heavy atom. The van der Waals surface area contributed by atoms with E-state index in [1.54, 1.807) is 0 Å². The van der Waals surface area contributed by atoms with Gasteiger partial charge < -0.3 is 4.90 Å². The van der Waals surface area contributed by atoms with Gasteiger partial charge >= 0.3 is 0 Å². The van der Waals surface area contributed by atoms with Gasteiger partial charge in [0.25, 0.3) is 5.91 Å². The molecule has 1 aliphatic heterocycles. The van der Waals surface area contributed by atoms with Crippen molar-refractivity contribution < 1.29 is 13.2 Å². The normalized spacial score (nSPS) is 24.5. The number of hydrogen-bond acceptors (Lipinski definition) is 3. The molecule has 2 fully saturated rings. The highest BCUT2D eigenvalue weighted by atomic mass is 35.5. The maximum absolute atomic E-state index is 12.9. The van der Waals surface area contributed by atoms with Crippen LogP contribution in [-0.4, -0.2) is 39.4 Å². The predicted octanol–water partition coefficient (Wildman–Crippen LogP) is 2.90. The van der Waals surface area contributed by atoms with Crippen LogP contribution in [0, 0.1) is 11.8 Å². The van der Waals surface area contributed by atoms with Crippen molar-refractivity contribution in [3.63, 3.8) is 0 Å². The van der Waals surface area contributed by atoms with Crippen molar-refractivity contribution in [1.29, 1.82) is 0 Å². The van der Waals surface area contributed by atoms with E-state index in [0.29, 0.717) is 10.9 Å². The van der Waals surface area contributed by atoms with Crippen LogP contribution in [0.3, 0.4) is 0 Å². The summed E-state index contributed by atoms with van der Waals surface area (Å²) in [6, 6.07) is 4.27. The number of nitrogens with one attached hydrogen (secondary N) is 1. The molecule has 0 aromatic heterocycles. The van der Waals surface area contributed by atoms with Crippen molar-refractivity contribution in [3.8, 4) is 0 Å². The second-order valence-electron chi connectivity index (χ2n) is 6.69. The first kappa shape index (κ1) is 17.7. The lowest BCUT2D eigenvalue weighted by Crippen LogP contribution is -2.44. The smallest absolute Gasteiger partial charge is 0.255 e. The monoisotopic (exact) mass is 370 g/mol. The molecule has 1 amide bonds. The summed E-state index contributed by atoms with van der Waals surface area (Å²) in [7, 11) is -2.25. The van der Waals surface area contributed by atoms with Crippen LogP contribution in [0.1, 0.15) is 42.5 Å². The number of likely N-dealkylation sites (tertiary alicyclic amines) is 1. The van der Waals surface area contributed by atoms with E-state index in [1.165, 1.54) is 50.9 Å². The lowest BCUT2D eigenvalue weighted by Gasteiger charge is -2.41. The van der Waals surface area contributed by atoms with Gasteiger partial charge in [-0.25, -0.2) is 13.1 Å². The Bertz CT molecular complexity index is 735. The van der Waals surface area contributed by atoms with Crippen molar-refractivity contribution in [1.82, 2.24) is 9.62 Å². The molecule has 0 radical (unpaired) electrons. The standard InChI is InChI=1S/C17H23ClN2O3S/c1-19-24(22,23)14-6-7-16(18)15(10-14)17(21)20-9-8-12-4-2-3-5-13(12)11-20/h6-7,10,12-13,19H,2-5,8-9,11H2,1H3/t12-,13+/m1/s1. The van der Waals surface area contributed by atoms with Gasteiger partial charge in [0.1, 0.15) is 0 Å². The number of benzene rings is 1. The van der Waals surface area contributed by atoms with Gasteiger partial charge in [-0.2, -0.15) is 0 Å². The third-order valence-electron chi connectivity index (χ3n) is 5.33. The lowest BCUT2D eigenvalue weighted by atomic mass is 9.75. The van der Waals surface area contributed by atoms with Gasteiger partial charge in [0.2, 0.25) is 10.0 Å². The van der Waals surface area contributed by atoms with Crippen LogP contribution in [0.15, 0.2) is 23.1 Å². The van der Waals surface area contributed by atoms with Crippen LogP contribution in [0.2, 0.25) is 5.02 Å². The fourth-order valence-electron chi connectivity index (χ4n) is 3.91. The molecule has 1 aromatic rings. The molecule has 0 unspecified atom stereocenters. The summed E-state index contributed by atoms with van der Waals surface area (Å²) in [6.07, 6.45) is 6.01. The van der Waals surface area contributed by atoms with Gasteiger partial charge in [-0.05, 0) is 49.9 Å². The number of piperidine rings is 1. The zero-order valence-electron chi connectivity index (χ0n) is 13.8. The van der Waals surface area contributed by atoms with Crippen LogP contribution in [0.5, 0.6) is 0 Å². The van der Waals surface area contributed by atoms with E-state index in [0.717, 1.165) is 25.4 Å². The van der Waals surface area contributed by atoms with Crippen LogP contribution < -0.4 is 4.72 Å². The van der Waals surface area contributed by atoms with Gasteiger partial charge in [-0.15, -0.1) is 0 Å². The molecule has 1 aromatic carbocycles. The van der Waals surface area contributed by atoms with Crippen LogP contribution in [0.25, 0.3) is 0 Å². The SMILES string of the molecule is CNS(=O)(=O)c1ccc(Cl)c(C(=O)N2CC[C@H]3CCCC[C@H]3C2)c1. The Hall–Kier alpha value is -1.11. The van der Waals surface area contributed by atoms with E-state index < -0.39 is 10.0 Å². The Balaban J connectivity index is 1.83. The third kappa shape index (κ3) is 3.46. The van der Waals surface area contributed by atoms with Crippen LogP contribution in [0.4, 0.5) is 0 Å². The number of sulfonamides is 1. The minimum atomic E-state index is -3.60. The highest BCUT2D eigenvalue weighted by Crippen LogP contribution is 2.36. The predicted molar refractivity (Wildman–Crippen MR) is 93.7 cm³/mol. The van der Waals surface area contributed by atoms with Gasteiger partial charge in [-0.3, -0.25) is 4.79 Å². The molecule has 5 nitrogen and oxygen atoms in total. The molecule has 1 N–H and O–H groups in total. The quantitative estimate of drug-likeness (QED) is 0.889. The molecule has 7 heteroatoms. The number of amides is 1. The zero-order chi connectivity index (χ0) is 17.3. The first-order valence-corrected chi connectivity index (χ1v) is 10.3. The minimum Gasteiger partial charge on any atom is -0.338 e. The number of halogens is 1. The molecular weight excluding hydrogens is 348 g/mol. The first-order chi connectivity index (χ1) is 11.4. The molecule has 1 saturated carbocycles. The van der Waals surface area contributed by atoms with Crippen molar-refractivity contribution in [2.45, 2.75) is 37.0 Å². The third-order valence-corrected chi connectivity index (χ3v) is 7.07. The molecule has 0 bridgehead atoms. The summed E-state index contributed by atoms with van der Waals surface area (Å²) in [5.41, 5.74) is 0.266. The number of carbonyl (C=O) groups excluding carboxylic acids is 1. The van der Waals surface area contributed by atoms with E-state index in [1.807, 2.05) is 4.90 Å². The Morgan fingerprint density at radius 3 is 2.62 bits per heavy atom. The average molecular weight is 371 g/mol. The van der Waals surface area contributed by atoms with Gasteiger partial charge in [-0.1, -0.05) is 30.9 Å². The summed E-state index contributed by atoms with van der Waals surface area (Å²) < 4.78 is 26.2. The lowest BCUT2D eigenvalue weighted by molar-refractivity contribution is 0.0521. The van der Waals surface area contributed by atoms with E-state index in [2.05, 4.69) is 4.72 Å². The summed E-state index contributed by atoms with van der Waals surface area (Å²) in [5.74, 6) is 1.13. The Morgan fingerprint density at radius 2 is 1.92 bits per heavy atom. The fraction of sp³-hybridized carbons (Fsp3) is 0.588. The summed E-state index contributed by atoms with van der Waals surface area (Å²) >= 11 is 6.18. The van der Waals surface area contributed by atoms with Crippen molar-refractivity contribution in [2.24, 2.45) is 11.8 Å². The van der Waals surface area contributed by atoms with E-state index in [-0.39, 0.29) is 16.4 Å². The number of rotatable bonds is 3. The number of fused-ring (bicyclic) bond motifs is 1. The molecule has 132 valence electrons. The van der Waals surface area contributed by atoms with Crippen molar-refractivity contribution >= 4 is 27.5 Å². The molecule has 24 heavy (non-hydrogen) atoms. The minimum absolute atomic E-state index is 0.0605. The summed E-state index contributed by atoms with van der Waals surface area (Å²) in [5, 5.41) is 0.292. The molecule has 2 atom stereocenters. The first-order valence-electron chi connectivity index (χ1n) is 8.45. The largest absolute Gasteiger partial charge is 0.338 e. The molecule has 3 rings (SSSR count). The molecular formula is C17H23ClN2O3S. The van der Waals surface area contributed by atoms with Gasteiger partial charge in [0.15, 0.2) is 0 Å². The summed E-state index contributed by atoms with van der Waals surface area (Å²) in [4.78, 5) is 14.8. The zero-order valence-corrected chi connectivity index (χ0v) is 15.4. The topological polar surface area (TPSA) is 66.5 Å². The van der Waals surface area contributed by atoms with Crippen molar-refractivity contribution in [2.75, 3.05) is 20.1 Å². The Kier molecular flexibility index (Phi) is 5.18. The Labute approximate surface area is 148 Å². The molecule has 1 aliphatic carbocycles. The number of nitrogens with zero attached hydrogens (tertiary/aromatic N) is 1. The average Bonchev–Trinajstić information content (AvgIpc) is 2.61. The fourth-order valence-corrected chi connectivity index (χ4v) is 4.86. The highest BCUT2D eigenvalue weighted by molar-refractivity contribution is 7.89. The molecule has 0 spiro atoms. The molecule has 1 heterocycles. The maximum Gasteiger partial charge on any atom is 0.255 e. The molecule has 1 saturated heterocycles. The van der Waals surface area contributed by atoms with Crippen LogP contribution in [-0.2, 0) is 10.0 Å². The highest BCUT2D eigenvalue weighted by Gasteiger charge is 2.33. The second-order valence-corrected chi connectivity index (χ2v) is 8.99. The maximum atomic E-state index is 12.9. The molecule has 2 aliphatic rings. The summed E-state index contributed by atoms with van der Waals surface area (Å²) in [6.45, 7) is 1.47. The van der Waals surface area contributed by atoms with Gasteiger partial charge in [0.05, 0.1) is 15.5 Å². The number of carbonyl (C=O) groups is 1. The van der Waals surface area contributed by atoms with Gasteiger partial charge in [0, 0.05) is 13.1 Å². The number of hydrogen-bond donors (Lipinski definition) is 1. The van der Waals surface area contributed by atoms with Crippen molar-refractivity contribution in [3.05, 3.63) is 28.8 Å². The van der Waals surface area contributed by atoms with E-state index >= 15 is 0 Å².